The Morgan fingerprint density at radius 3 is 2.53 bits per heavy atom. The van der Waals surface area contributed by atoms with Crippen molar-refractivity contribution in [3.05, 3.63) is 53.2 Å². The van der Waals surface area contributed by atoms with E-state index in [1.165, 1.54) is 0 Å². The normalized spacial score (nSPS) is 9.06. The Morgan fingerprint density at radius 2 is 1.88 bits per heavy atom. The summed E-state index contributed by atoms with van der Waals surface area (Å²) >= 11 is 5.92. The SMILES string of the molecule is Cl.Cl.NCc1ccnc(-c2cccc(Cl)c2)c1. The molecule has 0 unspecified atom stereocenters. The van der Waals surface area contributed by atoms with E-state index in [1.807, 2.05) is 36.4 Å². The van der Waals surface area contributed by atoms with Crippen LogP contribution in [-0.2, 0) is 6.54 Å². The summed E-state index contributed by atoms with van der Waals surface area (Å²) in [7, 11) is 0. The van der Waals surface area contributed by atoms with Crippen molar-refractivity contribution in [1.82, 2.24) is 4.98 Å². The van der Waals surface area contributed by atoms with Gasteiger partial charge in [-0.15, -0.1) is 24.8 Å². The van der Waals surface area contributed by atoms with Crippen molar-refractivity contribution in [3.8, 4) is 11.3 Å². The molecule has 0 saturated heterocycles. The third kappa shape index (κ3) is 4.17. The first-order valence-electron chi connectivity index (χ1n) is 4.70. The average Bonchev–Trinajstić information content (AvgIpc) is 2.29. The molecule has 0 aliphatic carbocycles. The van der Waals surface area contributed by atoms with Crippen molar-refractivity contribution in [3.63, 3.8) is 0 Å². The van der Waals surface area contributed by atoms with Crippen LogP contribution in [0, 0.1) is 0 Å². The minimum absolute atomic E-state index is 0. The summed E-state index contributed by atoms with van der Waals surface area (Å²) in [6.07, 6.45) is 1.76. The molecule has 0 atom stereocenters. The van der Waals surface area contributed by atoms with Crippen LogP contribution in [-0.4, -0.2) is 4.98 Å². The van der Waals surface area contributed by atoms with Crippen molar-refractivity contribution < 1.29 is 0 Å². The Hall–Kier alpha value is -0.800. The Balaban J connectivity index is 0.00000128. The Morgan fingerprint density at radius 1 is 1.12 bits per heavy atom. The Labute approximate surface area is 118 Å². The number of halogens is 3. The molecule has 5 heteroatoms. The predicted octanol–water partition coefficient (Wildman–Crippen LogP) is 3.70. The summed E-state index contributed by atoms with van der Waals surface area (Å²) in [5, 5.41) is 0.715. The topological polar surface area (TPSA) is 38.9 Å². The second-order valence-electron chi connectivity index (χ2n) is 3.26. The monoisotopic (exact) mass is 290 g/mol. The first kappa shape index (κ1) is 16.2. The summed E-state index contributed by atoms with van der Waals surface area (Å²) < 4.78 is 0. The molecule has 2 nitrogen and oxygen atoms in total. The molecule has 92 valence electrons. The van der Waals surface area contributed by atoms with E-state index in [0.29, 0.717) is 11.6 Å². The molecule has 1 aromatic carbocycles. The maximum absolute atomic E-state index is 5.92. The number of benzene rings is 1. The van der Waals surface area contributed by atoms with Gasteiger partial charge in [-0.3, -0.25) is 4.98 Å². The summed E-state index contributed by atoms with van der Waals surface area (Å²) in [6, 6.07) is 11.5. The van der Waals surface area contributed by atoms with Crippen molar-refractivity contribution in [2.45, 2.75) is 6.54 Å². The number of aromatic nitrogens is 1. The molecule has 0 amide bonds. The Kier molecular flexibility index (Phi) is 7.16. The summed E-state index contributed by atoms with van der Waals surface area (Å²) in [6.45, 7) is 0.524. The molecule has 0 aliphatic rings. The summed E-state index contributed by atoms with van der Waals surface area (Å²) in [5.74, 6) is 0. The molecule has 17 heavy (non-hydrogen) atoms. The second-order valence-corrected chi connectivity index (χ2v) is 3.70. The van der Waals surface area contributed by atoms with Crippen LogP contribution in [0.25, 0.3) is 11.3 Å². The van der Waals surface area contributed by atoms with E-state index in [0.717, 1.165) is 16.8 Å². The number of pyridine rings is 1. The van der Waals surface area contributed by atoms with Crippen LogP contribution in [0.4, 0.5) is 0 Å². The van der Waals surface area contributed by atoms with E-state index in [1.54, 1.807) is 6.20 Å². The van der Waals surface area contributed by atoms with E-state index in [4.69, 9.17) is 17.3 Å². The lowest BCUT2D eigenvalue weighted by Crippen LogP contribution is -1.96. The van der Waals surface area contributed by atoms with Gasteiger partial charge in [0.1, 0.15) is 0 Å². The smallest absolute Gasteiger partial charge is 0.0705 e. The fourth-order valence-corrected chi connectivity index (χ4v) is 1.60. The van der Waals surface area contributed by atoms with Crippen LogP contribution < -0.4 is 5.73 Å². The minimum Gasteiger partial charge on any atom is -0.326 e. The zero-order chi connectivity index (χ0) is 10.7. The van der Waals surface area contributed by atoms with E-state index in [2.05, 4.69) is 4.98 Å². The van der Waals surface area contributed by atoms with Gasteiger partial charge in [0.2, 0.25) is 0 Å². The lowest BCUT2D eigenvalue weighted by molar-refractivity contribution is 1.06. The van der Waals surface area contributed by atoms with Crippen LogP contribution in [0.15, 0.2) is 42.6 Å². The second kappa shape index (κ2) is 7.51. The van der Waals surface area contributed by atoms with Gasteiger partial charge in [-0.1, -0.05) is 23.7 Å². The highest BCUT2D eigenvalue weighted by Crippen LogP contribution is 2.21. The molecule has 1 heterocycles. The van der Waals surface area contributed by atoms with Crippen molar-refractivity contribution >= 4 is 36.4 Å². The summed E-state index contributed by atoms with van der Waals surface area (Å²) in [4.78, 5) is 4.28. The maximum Gasteiger partial charge on any atom is 0.0705 e. The fraction of sp³-hybridized carbons (Fsp3) is 0.0833. The number of rotatable bonds is 2. The molecular formula is C12H13Cl3N2. The van der Waals surface area contributed by atoms with E-state index >= 15 is 0 Å². The lowest BCUT2D eigenvalue weighted by Gasteiger charge is -2.03. The molecule has 0 bridgehead atoms. The molecule has 0 spiro atoms. The van der Waals surface area contributed by atoms with Crippen LogP contribution in [0.5, 0.6) is 0 Å². The number of nitrogens with zero attached hydrogens (tertiary/aromatic N) is 1. The lowest BCUT2D eigenvalue weighted by atomic mass is 10.1. The van der Waals surface area contributed by atoms with Gasteiger partial charge in [0, 0.05) is 23.3 Å². The molecule has 2 aromatic rings. The van der Waals surface area contributed by atoms with Crippen LogP contribution in [0.3, 0.4) is 0 Å². The molecule has 0 saturated carbocycles. The van der Waals surface area contributed by atoms with Gasteiger partial charge >= 0.3 is 0 Å². The fourth-order valence-electron chi connectivity index (χ4n) is 1.41. The quantitative estimate of drug-likeness (QED) is 0.916. The highest BCUT2D eigenvalue weighted by Gasteiger charge is 2.00. The van der Waals surface area contributed by atoms with Crippen molar-refractivity contribution in [1.29, 1.82) is 0 Å². The minimum atomic E-state index is 0. The number of hydrogen-bond acceptors (Lipinski definition) is 2. The molecule has 0 fully saturated rings. The van der Waals surface area contributed by atoms with Gasteiger partial charge in [0.25, 0.3) is 0 Å². The van der Waals surface area contributed by atoms with Crippen LogP contribution in [0.1, 0.15) is 5.56 Å². The summed E-state index contributed by atoms with van der Waals surface area (Å²) in [5.41, 5.74) is 8.56. The average molecular weight is 292 g/mol. The van der Waals surface area contributed by atoms with E-state index in [9.17, 15) is 0 Å². The Bertz CT molecular complexity index is 475. The molecular weight excluding hydrogens is 279 g/mol. The predicted molar refractivity (Wildman–Crippen MR) is 77.1 cm³/mol. The number of nitrogens with two attached hydrogens (primary N) is 1. The first-order chi connectivity index (χ1) is 7.29. The van der Waals surface area contributed by atoms with Gasteiger partial charge in [-0.05, 0) is 29.8 Å². The van der Waals surface area contributed by atoms with E-state index in [-0.39, 0.29) is 24.8 Å². The molecule has 0 aliphatic heterocycles. The van der Waals surface area contributed by atoms with Crippen LogP contribution in [0.2, 0.25) is 5.02 Å². The standard InChI is InChI=1S/C12H11ClN2.2ClH/c13-11-3-1-2-10(7-11)12-6-9(8-14)4-5-15-12;;/h1-7H,8,14H2;2*1H. The maximum atomic E-state index is 5.92. The van der Waals surface area contributed by atoms with Gasteiger partial charge in [-0.25, -0.2) is 0 Å². The van der Waals surface area contributed by atoms with Crippen LogP contribution >= 0.6 is 36.4 Å². The first-order valence-corrected chi connectivity index (χ1v) is 5.08. The molecule has 2 rings (SSSR count). The molecule has 0 radical (unpaired) electrons. The third-order valence-corrected chi connectivity index (χ3v) is 2.42. The third-order valence-electron chi connectivity index (χ3n) is 2.18. The van der Waals surface area contributed by atoms with Crippen molar-refractivity contribution in [2.24, 2.45) is 5.73 Å². The highest BCUT2D eigenvalue weighted by atomic mass is 35.5. The van der Waals surface area contributed by atoms with Crippen molar-refractivity contribution in [2.75, 3.05) is 0 Å². The zero-order valence-corrected chi connectivity index (χ0v) is 11.4. The molecule has 1 aromatic heterocycles. The van der Waals surface area contributed by atoms with Gasteiger partial charge in [0.15, 0.2) is 0 Å². The highest BCUT2D eigenvalue weighted by molar-refractivity contribution is 6.30. The van der Waals surface area contributed by atoms with Gasteiger partial charge < -0.3 is 5.73 Å². The van der Waals surface area contributed by atoms with Gasteiger partial charge in [0.05, 0.1) is 5.69 Å². The van der Waals surface area contributed by atoms with E-state index < -0.39 is 0 Å². The molecule has 2 N–H and O–H groups in total. The number of hydrogen-bond donors (Lipinski definition) is 1. The largest absolute Gasteiger partial charge is 0.326 e. The van der Waals surface area contributed by atoms with Gasteiger partial charge in [-0.2, -0.15) is 0 Å². The zero-order valence-electron chi connectivity index (χ0n) is 8.97.